The van der Waals surface area contributed by atoms with Crippen LogP contribution in [0.15, 0.2) is 0 Å². The van der Waals surface area contributed by atoms with Crippen molar-refractivity contribution in [2.24, 2.45) is 0 Å². The lowest BCUT2D eigenvalue weighted by Gasteiger charge is -2.34. The van der Waals surface area contributed by atoms with Crippen molar-refractivity contribution in [3.8, 4) is 0 Å². The van der Waals surface area contributed by atoms with E-state index in [1.54, 1.807) is 0 Å². The molecule has 1 saturated carbocycles. The maximum absolute atomic E-state index is 12.3. The number of aliphatic hydroxyl groups is 1. The number of halogens is 1. The normalized spacial score (nSPS) is 51.0. The SMILES string of the molecule is C[C@]1(F)C[C@@H](O)C1. The van der Waals surface area contributed by atoms with Crippen molar-refractivity contribution in [3.05, 3.63) is 0 Å². The summed E-state index contributed by atoms with van der Waals surface area (Å²) in [6, 6.07) is 0. The summed E-state index contributed by atoms with van der Waals surface area (Å²) in [7, 11) is 0. The molecule has 0 unspecified atom stereocenters. The van der Waals surface area contributed by atoms with E-state index in [-0.39, 0.29) is 6.10 Å². The van der Waals surface area contributed by atoms with Gasteiger partial charge in [-0.1, -0.05) is 0 Å². The summed E-state index contributed by atoms with van der Waals surface area (Å²) < 4.78 is 12.3. The maximum Gasteiger partial charge on any atom is 0.113 e. The Morgan fingerprint density at radius 1 is 1.71 bits per heavy atom. The summed E-state index contributed by atoms with van der Waals surface area (Å²) in [5, 5.41) is 8.54. The molecular weight excluding hydrogens is 95.1 g/mol. The first-order valence-electron chi connectivity index (χ1n) is 2.47. The average Bonchev–Trinajstić information content (AvgIpc) is 1.27. The Morgan fingerprint density at radius 2 is 2.14 bits per heavy atom. The third-order valence-electron chi connectivity index (χ3n) is 1.32. The van der Waals surface area contributed by atoms with Gasteiger partial charge < -0.3 is 5.11 Å². The van der Waals surface area contributed by atoms with Gasteiger partial charge in [0.25, 0.3) is 0 Å². The molecule has 0 spiro atoms. The van der Waals surface area contributed by atoms with Crippen molar-refractivity contribution in [1.29, 1.82) is 0 Å². The van der Waals surface area contributed by atoms with Gasteiger partial charge in [-0.3, -0.25) is 0 Å². The smallest absolute Gasteiger partial charge is 0.113 e. The molecule has 0 aromatic rings. The molecule has 0 saturated heterocycles. The fraction of sp³-hybridized carbons (Fsp3) is 1.00. The molecule has 0 atom stereocenters. The molecule has 1 aliphatic rings. The highest BCUT2D eigenvalue weighted by atomic mass is 19.1. The Hall–Kier alpha value is -0.110. The fourth-order valence-corrected chi connectivity index (χ4v) is 0.923. The highest BCUT2D eigenvalue weighted by Gasteiger charge is 2.39. The second-order valence-corrected chi connectivity index (χ2v) is 2.48. The first-order chi connectivity index (χ1) is 3.10. The summed E-state index contributed by atoms with van der Waals surface area (Å²) in [6.45, 7) is 1.51. The molecule has 2 heteroatoms. The van der Waals surface area contributed by atoms with E-state index in [2.05, 4.69) is 0 Å². The topological polar surface area (TPSA) is 20.2 Å². The second-order valence-electron chi connectivity index (χ2n) is 2.48. The van der Waals surface area contributed by atoms with Crippen molar-refractivity contribution in [3.63, 3.8) is 0 Å². The predicted molar refractivity (Wildman–Crippen MR) is 24.8 cm³/mol. The summed E-state index contributed by atoms with van der Waals surface area (Å²) in [6.07, 6.45) is 0.287. The van der Waals surface area contributed by atoms with E-state index in [4.69, 9.17) is 5.11 Å². The van der Waals surface area contributed by atoms with Crippen LogP contribution in [0.4, 0.5) is 4.39 Å². The third kappa shape index (κ3) is 0.911. The van der Waals surface area contributed by atoms with Crippen molar-refractivity contribution >= 4 is 0 Å². The standard InChI is InChI=1S/C5H9FO/c1-5(6)2-4(7)3-5/h4,7H,2-3H2,1H3/t4-,5+. The third-order valence-corrected chi connectivity index (χ3v) is 1.32. The van der Waals surface area contributed by atoms with E-state index >= 15 is 0 Å². The van der Waals surface area contributed by atoms with E-state index < -0.39 is 5.67 Å². The van der Waals surface area contributed by atoms with Crippen molar-refractivity contribution in [1.82, 2.24) is 0 Å². The zero-order valence-corrected chi connectivity index (χ0v) is 4.32. The van der Waals surface area contributed by atoms with E-state index in [9.17, 15) is 4.39 Å². The Balaban J connectivity index is 2.29. The number of hydrogen-bond donors (Lipinski definition) is 1. The van der Waals surface area contributed by atoms with Crippen LogP contribution in [-0.4, -0.2) is 16.9 Å². The van der Waals surface area contributed by atoms with Crippen molar-refractivity contribution < 1.29 is 9.50 Å². The fourth-order valence-electron chi connectivity index (χ4n) is 0.923. The van der Waals surface area contributed by atoms with Gasteiger partial charge in [0.15, 0.2) is 0 Å². The summed E-state index contributed by atoms with van der Waals surface area (Å²) in [5.74, 6) is 0. The molecule has 0 aliphatic heterocycles. The summed E-state index contributed by atoms with van der Waals surface area (Å²) in [5.41, 5.74) is -1.06. The van der Waals surface area contributed by atoms with Crippen LogP contribution in [0.5, 0.6) is 0 Å². The quantitative estimate of drug-likeness (QED) is 0.483. The van der Waals surface area contributed by atoms with Gasteiger partial charge in [0.2, 0.25) is 0 Å². The molecule has 0 radical (unpaired) electrons. The van der Waals surface area contributed by atoms with Crippen LogP contribution in [0, 0.1) is 0 Å². The van der Waals surface area contributed by atoms with Crippen LogP contribution in [0.3, 0.4) is 0 Å². The number of alkyl halides is 1. The largest absolute Gasteiger partial charge is 0.393 e. The van der Waals surface area contributed by atoms with Gasteiger partial charge in [-0.15, -0.1) is 0 Å². The molecule has 0 aromatic carbocycles. The molecular formula is C5H9FO. The van der Waals surface area contributed by atoms with Gasteiger partial charge in [-0.05, 0) is 6.92 Å². The molecule has 7 heavy (non-hydrogen) atoms. The van der Waals surface area contributed by atoms with Crippen molar-refractivity contribution in [2.75, 3.05) is 0 Å². The van der Waals surface area contributed by atoms with Crippen LogP contribution >= 0.6 is 0 Å². The summed E-state index contributed by atoms with van der Waals surface area (Å²) >= 11 is 0. The number of aliphatic hydroxyl groups excluding tert-OH is 1. The molecule has 0 aromatic heterocycles. The van der Waals surface area contributed by atoms with Gasteiger partial charge in [-0.25, -0.2) is 4.39 Å². The molecule has 42 valence electrons. The van der Waals surface area contributed by atoms with Crippen LogP contribution in [-0.2, 0) is 0 Å². The molecule has 1 fully saturated rings. The second kappa shape index (κ2) is 1.19. The minimum Gasteiger partial charge on any atom is -0.393 e. The molecule has 1 N–H and O–H groups in total. The lowest BCUT2D eigenvalue weighted by atomic mass is 9.81. The molecule has 0 heterocycles. The molecule has 0 amide bonds. The predicted octanol–water partition coefficient (Wildman–Crippen LogP) is 0.869. The van der Waals surface area contributed by atoms with E-state index in [1.165, 1.54) is 6.92 Å². The molecule has 1 aliphatic carbocycles. The van der Waals surface area contributed by atoms with E-state index in [1.807, 2.05) is 0 Å². The Morgan fingerprint density at radius 3 is 2.14 bits per heavy atom. The lowest BCUT2D eigenvalue weighted by molar-refractivity contribution is -0.0436. The van der Waals surface area contributed by atoms with Crippen LogP contribution in [0.1, 0.15) is 19.8 Å². The number of hydrogen-bond acceptors (Lipinski definition) is 1. The first-order valence-corrected chi connectivity index (χ1v) is 2.47. The Kier molecular flexibility index (Phi) is 0.854. The molecule has 1 rings (SSSR count). The Labute approximate surface area is 42.2 Å². The average molecular weight is 104 g/mol. The minimum atomic E-state index is -1.06. The number of rotatable bonds is 0. The van der Waals surface area contributed by atoms with Gasteiger partial charge in [-0.2, -0.15) is 0 Å². The Bertz CT molecular complexity index is 72.1. The van der Waals surface area contributed by atoms with E-state index in [0.29, 0.717) is 12.8 Å². The van der Waals surface area contributed by atoms with Gasteiger partial charge in [0, 0.05) is 12.8 Å². The highest BCUT2D eigenvalue weighted by Crippen LogP contribution is 2.34. The lowest BCUT2D eigenvalue weighted by Crippen LogP contribution is -2.40. The van der Waals surface area contributed by atoms with Crippen LogP contribution in [0.25, 0.3) is 0 Å². The minimum absolute atomic E-state index is 0.326. The maximum atomic E-state index is 12.3. The van der Waals surface area contributed by atoms with Gasteiger partial charge >= 0.3 is 0 Å². The summed E-state index contributed by atoms with van der Waals surface area (Å²) in [4.78, 5) is 0. The van der Waals surface area contributed by atoms with Crippen LogP contribution < -0.4 is 0 Å². The highest BCUT2D eigenvalue weighted by molar-refractivity contribution is 4.90. The first kappa shape index (κ1) is 5.04. The molecule has 0 bridgehead atoms. The zero-order chi connectivity index (χ0) is 5.49. The molecule has 1 nitrogen and oxygen atoms in total. The van der Waals surface area contributed by atoms with Gasteiger partial charge in [0.05, 0.1) is 6.10 Å². The van der Waals surface area contributed by atoms with Gasteiger partial charge in [0.1, 0.15) is 5.67 Å². The zero-order valence-electron chi connectivity index (χ0n) is 4.32. The van der Waals surface area contributed by atoms with E-state index in [0.717, 1.165) is 0 Å². The monoisotopic (exact) mass is 104 g/mol. The van der Waals surface area contributed by atoms with Crippen LogP contribution in [0.2, 0.25) is 0 Å². The van der Waals surface area contributed by atoms with Crippen molar-refractivity contribution in [2.45, 2.75) is 31.5 Å².